The Morgan fingerprint density at radius 3 is 2.34 bits per heavy atom. The van der Waals surface area contributed by atoms with E-state index in [-0.39, 0.29) is 0 Å². The van der Waals surface area contributed by atoms with Crippen LogP contribution in [0.5, 0.6) is 0 Å². The molecular formula is C22H32N6S. The van der Waals surface area contributed by atoms with Gasteiger partial charge in [-0.1, -0.05) is 30.3 Å². The Bertz CT molecular complexity index is 798. The van der Waals surface area contributed by atoms with Gasteiger partial charge < -0.3 is 20.4 Å². The monoisotopic (exact) mass is 412 g/mol. The number of aromatic nitrogens is 2. The van der Waals surface area contributed by atoms with Crippen LogP contribution in [0.25, 0.3) is 0 Å². The fraction of sp³-hybridized carbons (Fsp3) is 0.545. The van der Waals surface area contributed by atoms with E-state index in [0.717, 1.165) is 67.6 Å². The number of hydrogen-bond donors (Lipinski definition) is 1. The molecule has 29 heavy (non-hydrogen) atoms. The molecule has 0 amide bonds. The lowest BCUT2D eigenvalue weighted by molar-refractivity contribution is 0.400. The summed E-state index contributed by atoms with van der Waals surface area (Å²) in [6.07, 6.45) is 3.52. The first kappa shape index (κ1) is 20.1. The molecule has 0 unspecified atom stereocenters. The van der Waals surface area contributed by atoms with Crippen molar-refractivity contribution in [3.63, 3.8) is 0 Å². The van der Waals surface area contributed by atoms with E-state index in [2.05, 4.69) is 40.1 Å². The first-order valence-electron chi connectivity index (χ1n) is 10.6. The third-order valence-corrected chi connectivity index (χ3v) is 6.83. The summed E-state index contributed by atoms with van der Waals surface area (Å²) in [6, 6.07) is 10.8. The smallest absolute Gasteiger partial charge is 0.229 e. The summed E-state index contributed by atoms with van der Waals surface area (Å²) in [7, 11) is 4.01. The van der Waals surface area contributed by atoms with Crippen molar-refractivity contribution in [3.05, 3.63) is 35.9 Å². The van der Waals surface area contributed by atoms with Gasteiger partial charge in [0.2, 0.25) is 5.95 Å². The highest BCUT2D eigenvalue weighted by atomic mass is 32.2. The van der Waals surface area contributed by atoms with Gasteiger partial charge in [-0.15, -0.1) is 0 Å². The minimum Gasteiger partial charge on any atom is -0.393 e. The summed E-state index contributed by atoms with van der Waals surface area (Å²) in [5.74, 6) is 5.55. The lowest BCUT2D eigenvalue weighted by Crippen LogP contribution is -2.38. The van der Waals surface area contributed by atoms with Crippen LogP contribution in [0.15, 0.2) is 30.3 Å². The number of nitrogens with two attached hydrogens (primary N) is 1. The fourth-order valence-corrected chi connectivity index (χ4v) is 5.12. The Balaban J connectivity index is 1.50. The van der Waals surface area contributed by atoms with Gasteiger partial charge in [-0.3, -0.25) is 0 Å². The first-order valence-corrected chi connectivity index (χ1v) is 11.7. The summed E-state index contributed by atoms with van der Waals surface area (Å²) in [4.78, 5) is 16.5. The Kier molecular flexibility index (Phi) is 6.33. The predicted molar refractivity (Wildman–Crippen MR) is 125 cm³/mol. The maximum Gasteiger partial charge on any atom is 0.229 e. The first-order chi connectivity index (χ1) is 14.1. The van der Waals surface area contributed by atoms with E-state index in [0.29, 0.717) is 5.69 Å². The number of hydrogen-bond acceptors (Lipinski definition) is 7. The van der Waals surface area contributed by atoms with Gasteiger partial charge in [-0.2, -0.15) is 21.7 Å². The van der Waals surface area contributed by atoms with Crippen LogP contribution in [0.1, 0.15) is 18.4 Å². The Labute approximate surface area is 178 Å². The molecule has 2 aliphatic rings. The predicted octanol–water partition coefficient (Wildman–Crippen LogP) is 3.14. The average molecular weight is 413 g/mol. The Hall–Kier alpha value is -2.15. The molecule has 0 saturated carbocycles. The van der Waals surface area contributed by atoms with Crippen LogP contribution < -0.4 is 20.4 Å². The van der Waals surface area contributed by atoms with Gasteiger partial charge in [0.25, 0.3) is 0 Å². The molecule has 0 atom stereocenters. The highest BCUT2D eigenvalue weighted by Gasteiger charge is 2.25. The van der Waals surface area contributed by atoms with E-state index >= 15 is 0 Å². The topological polar surface area (TPSA) is 61.5 Å². The van der Waals surface area contributed by atoms with Gasteiger partial charge in [-0.25, -0.2) is 0 Å². The second-order valence-electron chi connectivity index (χ2n) is 8.20. The van der Waals surface area contributed by atoms with Crippen molar-refractivity contribution >= 4 is 35.0 Å². The van der Waals surface area contributed by atoms with E-state index in [1.165, 1.54) is 18.4 Å². The zero-order chi connectivity index (χ0) is 20.2. The molecule has 0 radical (unpaired) electrons. The summed E-state index contributed by atoms with van der Waals surface area (Å²) in [5.41, 5.74) is 8.63. The van der Waals surface area contributed by atoms with Gasteiger partial charge >= 0.3 is 0 Å². The second kappa shape index (κ2) is 9.11. The molecule has 0 spiro atoms. The number of nitrogen functional groups attached to an aromatic ring is 1. The molecule has 0 aliphatic carbocycles. The van der Waals surface area contributed by atoms with E-state index in [1.54, 1.807) is 0 Å². The molecular weight excluding hydrogens is 380 g/mol. The lowest BCUT2D eigenvalue weighted by Gasteiger charge is -2.34. The van der Waals surface area contributed by atoms with Crippen LogP contribution in [-0.4, -0.2) is 61.7 Å². The van der Waals surface area contributed by atoms with Gasteiger partial charge in [0.1, 0.15) is 5.69 Å². The minimum absolute atomic E-state index is 0.699. The summed E-state index contributed by atoms with van der Waals surface area (Å²) >= 11 is 2.00. The van der Waals surface area contributed by atoms with Crippen molar-refractivity contribution in [2.75, 3.05) is 72.2 Å². The maximum absolute atomic E-state index is 6.49. The van der Waals surface area contributed by atoms with Crippen LogP contribution in [0.3, 0.4) is 0 Å². The number of thioether (sulfide) groups is 1. The van der Waals surface area contributed by atoms with Crippen LogP contribution in [0.4, 0.5) is 23.3 Å². The molecule has 1 aromatic carbocycles. The minimum atomic E-state index is 0.699. The van der Waals surface area contributed by atoms with Gasteiger partial charge in [0.05, 0.1) is 0 Å². The zero-order valence-corrected chi connectivity index (χ0v) is 18.4. The standard InChI is InChI=1S/C22H32N6S/c1-26(2)20-19(23)21(27-12-14-29-15-13-27)25-22(24-20)28-10-8-18(9-11-28)16-17-6-4-3-5-7-17/h3-7,18H,8-16,23H2,1-2H3. The zero-order valence-electron chi connectivity index (χ0n) is 17.5. The summed E-state index contributed by atoms with van der Waals surface area (Å²) < 4.78 is 0. The largest absolute Gasteiger partial charge is 0.393 e. The quantitative estimate of drug-likeness (QED) is 0.809. The molecule has 2 aromatic rings. The number of nitrogens with zero attached hydrogens (tertiary/aromatic N) is 5. The fourth-order valence-electron chi connectivity index (χ4n) is 4.22. The summed E-state index contributed by atoms with van der Waals surface area (Å²) in [5, 5.41) is 0. The van der Waals surface area contributed by atoms with E-state index in [4.69, 9.17) is 15.7 Å². The molecule has 2 saturated heterocycles. The number of anilines is 4. The van der Waals surface area contributed by atoms with Crippen molar-refractivity contribution in [1.29, 1.82) is 0 Å². The van der Waals surface area contributed by atoms with Crippen LogP contribution >= 0.6 is 11.8 Å². The van der Waals surface area contributed by atoms with Crippen molar-refractivity contribution in [1.82, 2.24) is 9.97 Å². The normalized spacial score (nSPS) is 18.1. The molecule has 4 rings (SSSR count). The Morgan fingerprint density at radius 2 is 1.69 bits per heavy atom. The molecule has 6 nitrogen and oxygen atoms in total. The lowest BCUT2D eigenvalue weighted by atomic mass is 9.90. The highest BCUT2D eigenvalue weighted by molar-refractivity contribution is 7.99. The third kappa shape index (κ3) is 4.71. The molecule has 3 heterocycles. The van der Waals surface area contributed by atoms with Crippen molar-refractivity contribution < 1.29 is 0 Å². The van der Waals surface area contributed by atoms with Gasteiger partial charge in [0, 0.05) is 51.8 Å². The molecule has 2 N–H and O–H groups in total. The highest BCUT2D eigenvalue weighted by Crippen LogP contribution is 2.34. The number of rotatable bonds is 5. The van der Waals surface area contributed by atoms with E-state index in [9.17, 15) is 0 Å². The second-order valence-corrected chi connectivity index (χ2v) is 9.42. The molecule has 0 bridgehead atoms. The average Bonchev–Trinajstić information content (AvgIpc) is 2.76. The molecule has 2 fully saturated rings. The number of benzene rings is 1. The summed E-state index contributed by atoms with van der Waals surface area (Å²) in [6.45, 7) is 4.00. The maximum atomic E-state index is 6.49. The molecule has 156 valence electrons. The molecule has 2 aliphatic heterocycles. The van der Waals surface area contributed by atoms with Crippen molar-refractivity contribution in [2.45, 2.75) is 19.3 Å². The Morgan fingerprint density at radius 1 is 1.00 bits per heavy atom. The van der Waals surface area contributed by atoms with Crippen LogP contribution in [0, 0.1) is 5.92 Å². The third-order valence-electron chi connectivity index (χ3n) is 5.89. The van der Waals surface area contributed by atoms with E-state index in [1.807, 2.05) is 30.8 Å². The molecule has 7 heteroatoms. The van der Waals surface area contributed by atoms with E-state index < -0.39 is 0 Å². The van der Waals surface area contributed by atoms with Gasteiger partial charge in [-0.05, 0) is 30.7 Å². The number of piperidine rings is 1. The van der Waals surface area contributed by atoms with Crippen LogP contribution in [0.2, 0.25) is 0 Å². The SMILES string of the molecule is CN(C)c1nc(N2CCC(Cc3ccccc3)CC2)nc(N2CCSCC2)c1N. The van der Waals surface area contributed by atoms with Crippen molar-refractivity contribution in [2.24, 2.45) is 5.92 Å². The van der Waals surface area contributed by atoms with Gasteiger partial charge in [0.15, 0.2) is 11.6 Å². The molecule has 1 aromatic heterocycles. The van der Waals surface area contributed by atoms with Crippen LogP contribution in [-0.2, 0) is 6.42 Å². The van der Waals surface area contributed by atoms with Crippen molar-refractivity contribution in [3.8, 4) is 0 Å².